The molecule has 0 aliphatic heterocycles. The first-order valence-corrected chi connectivity index (χ1v) is 23.3. The van der Waals surface area contributed by atoms with Gasteiger partial charge in [0.1, 0.15) is 11.2 Å². The molecule has 0 aliphatic rings. The second-order valence-electron chi connectivity index (χ2n) is 17.6. The predicted octanol–water partition coefficient (Wildman–Crippen LogP) is 16.3. The van der Waals surface area contributed by atoms with Gasteiger partial charge in [-0.2, -0.15) is 9.97 Å². The number of para-hydroxylation sites is 4. The predicted molar refractivity (Wildman–Crippen MR) is 283 cm³/mol. The molecule has 4 heterocycles. The number of rotatable bonds is 7. The maximum absolute atomic E-state index is 6.61. The maximum Gasteiger partial charge on any atom is 0.238 e. The fourth-order valence-electron chi connectivity index (χ4n) is 10.4. The first-order valence-electron chi connectivity index (χ1n) is 23.3. The fraction of sp³-hybridized carbons (Fsp3) is 0. The Morgan fingerprint density at radius 1 is 0.290 bits per heavy atom. The quantitative estimate of drug-likeness (QED) is 0.160. The van der Waals surface area contributed by atoms with Gasteiger partial charge in [-0.1, -0.05) is 176 Å². The standard InChI is InChI=1S/C63H39N5O/c1-4-17-40(18-5-1)43-31-34-57(67-54-28-13-10-23-47(54)48-24-11-14-29-55(48)67)51(37-43)44-32-35-58-52(38-44)53-39-45(33-36-59(53)69-58)62-64-61(42-21-8-3-9-22-42)65-63(66-62)68-56-30-15-12-25-49(56)50-27-16-26-46(60(50)68)41-19-6-2-7-20-41/h1-39H. The minimum Gasteiger partial charge on any atom is -0.456 e. The summed E-state index contributed by atoms with van der Waals surface area (Å²) in [5.74, 6) is 1.70. The van der Waals surface area contributed by atoms with Crippen molar-refractivity contribution in [2.75, 3.05) is 0 Å². The Morgan fingerprint density at radius 3 is 1.43 bits per heavy atom. The lowest BCUT2D eigenvalue weighted by molar-refractivity contribution is 0.669. The van der Waals surface area contributed by atoms with E-state index in [1.54, 1.807) is 0 Å². The molecule has 0 spiro atoms. The van der Waals surface area contributed by atoms with Crippen molar-refractivity contribution in [1.29, 1.82) is 0 Å². The van der Waals surface area contributed by atoms with Crippen LogP contribution in [0.25, 0.3) is 133 Å². The highest BCUT2D eigenvalue weighted by Gasteiger charge is 2.22. The average Bonchev–Trinajstić information content (AvgIpc) is 4.09. The van der Waals surface area contributed by atoms with Crippen LogP contribution in [0.5, 0.6) is 0 Å². The van der Waals surface area contributed by atoms with E-state index in [1.165, 1.54) is 10.8 Å². The zero-order valence-corrected chi connectivity index (χ0v) is 37.2. The molecule has 6 nitrogen and oxygen atoms in total. The van der Waals surface area contributed by atoms with E-state index in [0.29, 0.717) is 17.6 Å². The van der Waals surface area contributed by atoms with Crippen molar-refractivity contribution >= 4 is 65.6 Å². The van der Waals surface area contributed by atoms with Gasteiger partial charge in [0.15, 0.2) is 11.6 Å². The Bertz CT molecular complexity index is 4250. The van der Waals surface area contributed by atoms with Gasteiger partial charge in [0.25, 0.3) is 0 Å². The van der Waals surface area contributed by atoms with Crippen LogP contribution in [-0.2, 0) is 0 Å². The molecule has 0 aliphatic carbocycles. The molecule has 69 heavy (non-hydrogen) atoms. The molecule has 0 saturated carbocycles. The van der Waals surface area contributed by atoms with Gasteiger partial charge in [-0.05, 0) is 82.9 Å². The molecule has 4 aromatic heterocycles. The van der Waals surface area contributed by atoms with E-state index in [2.05, 4.69) is 221 Å². The number of hydrogen-bond donors (Lipinski definition) is 0. The monoisotopic (exact) mass is 881 g/mol. The minimum atomic E-state index is 0.545. The lowest BCUT2D eigenvalue weighted by Crippen LogP contribution is -2.07. The van der Waals surface area contributed by atoms with Gasteiger partial charge in [0.2, 0.25) is 5.95 Å². The molecule has 0 bridgehead atoms. The normalized spacial score (nSPS) is 11.8. The zero-order chi connectivity index (χ0) is 45.4. The summed E-state index contributed by atoms with van der Waals surface area (Å²) in [5.41, 5.74) is 15.6. The molecule has 6 heteroatoms. The van der Waals surface area contributed by atoms with E-state index < -0.39 is 0 Å². The molecule has 322 valence electrons. The number of benzene rings is 10. The third kappa shape index (κ3) is 6.30. The number of nitrogens with zero attached hydrogens (tertiary/aromatic N) is 5. The van der Waals surface area contributed by atoms with E-state index >= 15 is 0 Å². The molecule has 14 rings (SSSR count). The van der Waals surface area contributed by atoms with Crippen molar-refractivity contribution in [3.8, 4) is 67.8 Å². The number of furan rings is 1. The van der Waals surface area contributed by atoms with Crippen molar-refractivity contribution in [3.05, 3.63) is 237 Å². The van der Waals surface area contributed by atoms with E-state index in [0.717, 1.165) is 105 Å². The summed E-state index contributed by atoms with van der Waals surface area (Å²) in [6.45, 7) is 0. The van der Waals surface area contributed by atoms with E-state index in [4.69, 9.17) is 19.4 Å². The Labute approximate surface area is 396 Å². The van der Waals surface area contributed by atoms with Crippen LogP contribution in [0.15, 0.2) is 241 Å². The Hall–Kier alpha value is -9.39. The van der Waals surface area contributed by atoms with E-state index in [9.17, 15) is 0 Å². The smallest absolute Gasteiger partial charge is 0.238 e. The molecule has 0 radical (unpaired) electrons. The molecule has 0 fully saturated rings. The molecule has 0 N–H and O–H groups in total. The van der Waals surface area contributed by atoms with Crippen LogP contribution in [0.3, 0.4) is 0 Å². The van der Waals surface area contributed by atoms with E-state index in [-0.39, 0.29) is 0 Å². The number of fused-ring (bicyclic) bond motifs is 9. The molecule has 0 amide bonds. The Morgan fingerprint density at radius 2 is 0.783 bits per heavy atom. The highest BCUT2D eigenvalue weighted by atomic mass is 16.3. The maximum atomic E-state index is 6.61. The molecule has 0 saturated heterocycles. The number of hydrogen-bond acceptors (Lipinski definition) is 4. The second kappa shape index (κ2) is 15.6. The summed E-state index contributed by atoms with van der Waals surface area (Å²) in [6, 6.07) is 83.4. The molecule has 0 atom stereocenters. The van der Waals surface area contributed by atoms with Crippen LogP contribution in [0.4, 0.5) is 0 Å². The first kappa shape index (κ1) is 38.8. The van der Waals surface area contributed by atoms with Crippen LogP contribution < -0.4 is 0 Å². The summed E-state index contributed by atoms with van der Waals surface area (Å²) in [6.07, 6.45) is 0. The summed E-state index contributed by atoms with van der Waals surface area (Å²) < 4.78 is 11.2. The lowest BCUT2D eigenvalue weighted by atomic mass is 9.96. The van der Waals surface area contributed by atoms with E-state index in [1.807, 2.05) is 24.3 Å². The van der Waals surface area contributed by atoms with Crippen molar-refractivity contribution in [2.45, 2.75) is 0 Å². The van der Waals surface area contributed by atoms with Gasteiger partial charge in [-0.25, -0.2) is 4.98 Å². The lowest BCUT2D eigenvalue weighted by Gasteiger charge is -2.16. The Kier molecular flexibility index (Phi) is 8.79. The summed E-state index contributed by atoms with van der Waals surface area (Å²) in [5, 5.41) is 6.70. The third-order valence-corrected chi connectivity index (χ3v) is 13.6. The van der Waals surface area contributed by atoms with Crippen LogP contribution >= 0.6 is 0 Å². The van der Waals surface area contributed by atoms with Gasteiger partial charge < -0.3 is 8.98 Å². The average molecular weight is 882 g/mol. The topological polar surface area (TPSA) is 61.7 Å². The van der Waals surface area contributed by atoms with Crippen LogP contribution in [-0.4, -0.2) is 24.1 Å². The molecule has 0 unspecified atom stereocenters. The van der Waals surface area contributed by atoms with Gasteiger partial charge in [-0.3, -0.25) is 4.57 Å². The SMILES string of the molecule is c1ccc(-c2ccc(-n3c4ccccc4c4ccccc43)c(-c3ccc4oc5ccc(-c6nc(-c7ccccc7)nc(-n7c8ccccc8c8cccc(-c9ccccc9)c87)n6)cc5c4c3)c2)cc1. The van der Waals surface area contributed by atoms with Gasteiger partial charge >= 0.3 is 0 Å². The van der Waals surface area contributed by atoms with Crippen LogP contribution in [0, 0.1) is 0 Å². The second-order valence-corrected chi connectivity index (χ2v) is 17.6. The highest BCUT2D eigenvalue weighted by Crippen LogP contribution is 2.42. The fourth-order valence-corrected chi connectivity index (χ4v) is 10.4. The number of aromatic nitrogens is 5. The van der Waals surface area contributed by atoms with Crippen LogP contribution in [0.2, 0.25) is 0 Å². The summed E-state index contributed by atoms with van der Waals surface area (Å²) in [4.78, 5) is 15.9. The minimum absolute atomic E-state index is 0.545. The Balaban J connectivity index is 0.980. The summed E-state index contributed by atoms with van der Waals surface area (Å²) in [7, 11) is 0. The highest BCUT2D eigenvalue weighted by molar-refractivity contribution is 6.14. The molecular weight excluding hydrogens is 843 g/mol. The van der Waals surface area contributed by atoms with Crippen molar-refractivity contribution in [1.82, 2.24) is 24.1 Å². The molecular formula is C63H39N5O. The van der Waals surface area contributed by atoms with Crippen molar-refractivity contribution in [3.63, 3.8) is 0 Å². The third-order valence-electron chi connectivity index (χ3n) is 13.6. The van der Waals surface area contributed by atoms with Crippen molar-refractivity contribution < 1.29 is 4.42 Å². The largest absolute Gasteiger partial charge is 0.456 e. The van der Waals surface area contributed by atoms with Crippen LogP contribution in [0.1, 0.15) is 0 Å². The first-order chi connectivity index (χ1) is 34.2. The van der Waals surface area contributed by atoms with Crippen molar-refractivity contribution in [2.24, 2.45) is 0 Å². The van der Waals surface area contributed by atoms with Gasteiger partial charge in [0.05, 0.1) is 27.8 Å². The summed E-state index contributed by atoms with van der Waals surface area (Å²) >= 11 is 0. The molecule has 14 aromatic rings. The zero-order valence-electron chi connectivity index (χ0n) is 37.2. The van der Waals surface area contributed by atoms with Gasteiger partial charge in [-0.15, -0.1) is 0 Å². The molecule has 10 aromatic carbocycles. The van der Waals surface area contributed by atoms with Gasteiger partial charge in [0, 0.05) is 54.6 Å².